The van der Waals surface area contributed by atoms with Crippen molar-refractivity contribution in [3.05, 3.63) is 52.5 Å². The van der Waals surface area contributed by atoms with Crippen LogP contribution in [0.4, 0.5) is 0 Å². The summed E-state index contributed by atoms with van der Waals surface area (Å²) in [5, 5.41) is 24.3. The minimum atomic E-state index is -1.82. The summed E-state index contributed by atoms with van der Waals surface area (Å²) in [4.78, 5) is 29.1. The van der Waals surface area contributed by atoms with Crippen LogP contribution in [0.1, 0.15) is 15.9 Å². The van der Waals surface area contributed by atoms with E-state index in [0.717, 1.165) is 0 Å². The van der Waals surface area contributed by atoms with Gasteiger partial charge in [0, 0.05) is 22.7 Å². The normalized spacial score (nSPS) is 9.12. The summed E-state index contributed by atoms with van der Waals surface area (Å²) in [6, 6.07) is 11.5. The van der Waals surface area contributed by atoms with E-state index in [1.165, 1.54) is 7.11 Å². The van der Waals surface area contributed by atoms with Gasteiger partial charge in [-0.05, 0) is 24.3 Å². The Balaban J connectivity index is 0.000000487. The molecule has 2 aromatic carbocycles. The highest BCUT2D eigenvalue weighted by molar-refractivity contribution is 6.30. The third kappa shape index (κ3) is 6.14. The first kappa shape index (κ1) is 20.5. The van der Waals surface area contributed by atoms with E-state index in [4.69, 9.17) is 46.1 Å². The maximum absolute atomic E-state index is 10.9. The quantitative estimate of drug-likeness (QED) is 0.613. The van der Waals surface area contributed by atoms with E-state index in [-0.39, 0.29) is 0 Å². The van der Waals surface area contributed by atoms with Gasteiger partial charge in [-0.3, -0.25) is 4.79 Å². The monoisotopic (exact) mass is 377 g/mol. The molecule has 0 heterocycles. The van der Waals surface area contributed by atoms with Gasteiger partial charge >= 0.3 is 11.9 Å². The number of hydrogen-bond donors (Lipinski definition) is 2. The number of hydrogen-bond acceptors (Lipinski definition) is 6. The first-order valence-corrected chi connectivity index (χ1v) is 7.16. The molecule has 0 aromatic heterocycles. The average molecular weight is 378 g/mol. The summed E-state index contributed by atoms with van der Waals surface area (Å²) in [5.74, 6) is -2.44. The van der Waals surface area contributed by atoms with Crippen LogP contribution in [0.3, 0.4) is 0 Å². The lowest BCUT2D eigenvalue weighted by Gasteiger charge is -2.10. The minimum absolute atomic E-state index is 0.324. The zero-order chi connectivity index (χ0) is 19.7. The van der Waals surface area contributed by atoms with Crippen LogP contribution < -0.4 is 9.47 Å². The molecule has 0 spiro atoms. The number of benzene rings is 2. The molecular weight excluding hydrogens is 366 g/mol. The van der Waals surface area contributed by atoms with Gasteiger partial charge in [-0.25, -0.2) is 9.59 Å². The number of carboxylic acids is 2. The molecule has 0 aliphatic carbocycles. The number of carboxylic acid groups (broad SMARTS) is 2. The molecule has 2 aromatic rings. The number of aldehydes is 1. The third-order valence-corrected chi connectivity index (χ3v) is 2.98. The van der Waals surface area contributed by atoms with Crippen LogP contribution in [-0.2, 0) is 9.59 Å². The fraction of sp³-hybridized carbons (Fsp3) is 0.0588. The van der Waals surface area contributed by atoms with Crippen LogP contribution in [-0.4, -0.2) is 35.5 Å². The Morgan fingerprint density at radius 2 is 1.73 bits per heavy atom. The zero-order valence-electron chi connectivity index (χ0n) is 13.3. The number of carbonyl (C=O) groups is 3. The molecular formula is C17H12ClNO7. The smallest absolute Gasteiger partial charge is 0.414 e. The predicted molar refractivity (Wildman–Crippen MR) is 89.9 cm³/mol. The molecule has 8 nitrogen and oxygen atoms in total. The maximum Gasteiger partial charge on any atom is 0.414 e. The SMILES string of the molecule is COc1cc(C=O)cc(Oc2cc(Cl)ccc2C#N)c1.O=C(O)C(=O)O. The number of rotatable bonds is 4. The van der Waals surface area contributed by atoms with Crippen LogP contribution in [0.5, 0.6) is 17.2 Å². The fourth-order valence-corrected chi connectivity index (χ4v) is 1.80. The molecule has 0 aliphatic rings. The first-order chi connectivity index (χ1) is 12.3. The third-order valence-electron chi connectivity index (χ3n) is 2.75. The van der Waals surface area contributed by atoms with Crippen molar-refractivity contribution in [2.75, 3.05) is 7.11 Å². The molecule has 0 bridgehead atoms. The summed E-state index contributed by atoms with van der Waals surface area (Å²) in [6.07, 6.45) is 0.693. The van der Waals surface area contributed by atoms with Crippen molar-refractivity contribution in [3.8, 4) is 23.3 Å². The standard InChI is InChI=1S/C15H10ClNO3.C2H2O4/c1-19-13-4-10(9-18)5-14(7-13)20-15-6-12(16)3-2-11(15)8-17;3-1(4)2(5)6/h2-7,9H,1H3;(H,3,4)(H,5,6). The lowest BCUT2D eigenvalue weighted by molar-refractivity contribution is -0.159. The van der Waals surface area contributed by atoms with Gasteiger partial charge < -0.3 is 19.7 Å². The molecule has 0 saturated heterocycles. The van der Waals surface area contributed by atoms with Gasteiger partial charge in [-0.2, -0.15) is 5.26 Å². The Kier molecular flexibility index (Phi) is 7.61. The van der Waals surface area contributed by atoms with Crippen molar-refractivity contribution in [2.24, 2.45) is 0 Å². The Labute approximate surface area is 152 Å². The number of nitrogens with zero attached hydrogens (tertiary/aromatic N) is 1. The van der Waals surface area contributed by atoms with E-state index in [1.807, 2.05) is 6.07 Å². The molecule has 2 rings (SSSR count). The van der Waals surface area contributed by atoms with Crippen molar-refractivity contribution in [1.29, 1.82) is 5.26 Å². The van der Waals surface area contributed by atoms with Crippen LogP contribution >= 0.6 is 11.6 Å². The predicted octanol–water partition coefficient (Wildman–Crippen LogP) is 2.98. The van der Waals surface area contributed by atoms with Gasteiger partial charge in [-0.15, -0.1) is 0 Å². The number of aliphatic carboxylic acids is 2. The summed E-state index contributed by atoms with van der Waals surface area (Å²) in [6.45, 7) is 0. The maximum atomic E-state index is 10.9. The Hall–Kier alpha value is -3.57. The molecule has 134 valence electrons. The molecule has 0 fully saturated rings. The summed E-state index contributed by atoms with van der Waals surface area (Å²) < 4.78 is 10.7. The highest BCUT2D eigenvalue weighted by Crippen LogP contribution is 2.30. The Morgan fingerprint density at radius 1 is 1.12 bits per heavy atom. The second kappa shape index (κ2) is 9.66. The van der Waals surface area contributed by atoms with Crippen molar-refractivity contribution in [2.45, 2.75) is 0 Å². The molecule has 0 saturated carbocycles. The second-order valence-electron chi connectivity index (χ2n) is 4.52. The lowest BCUT2D eigenvalue weighted by Crippen LogP contribution is -2.09. The molecule has 9 heteroatoms. The molecule has 0 amide bonds. The topological polar surface area (TPSA) is 134 Å². The van der Waals surface area contributed by atoms with Crippen molar-refractivity contribution < 1.29 is 34.1 Å². The first-order valence-electron chi connectivity index (χ1n) is 6.78. The molecule has 0 aliphatic heterocycles. The van der Waals surface area contributed by atoms with E-state index in [0.29, 0.717) is 39.7 Å². The molecule has 0 atom stereocenters. The zero-order valence-corrected chi connectivity index (χ0v) is 14.1. The van der Waals surface area contributed by atoms with E-state index < -0.39 is 11.9 Å². The van der Waals surface area contributed by atoms with Crippen LogP contribution in [0, 0.1) is 11.3 Å². The van der Waals surface area contributed by atoms with E-state index >= 15 is 0 Å². The summed E-state index contributed by atoms with van der Waals surface area (Å²) in [7, 11) is 1.49. The molecule has 2 N–H and O–H groups in total. The van der Waals surface area contributed by atoms with Crippen molar-refractivity contribution in [1.82, 2.24) is 0 Å². The van der Waals surface area contributed by atoms with Crippen molar-refractivity contribution >= 4 is 29.8 Å². The average Bonchev–Trinajstić information content (AvgIpc) is 2.62. The number of carbonyl (C=O) groups excluding carboxylic acids is 1. The van der Waals surface area contributed by atoms with Crippen LogP contribution in [0.15, 0.2) is 36.4 Å². The van der Waals surface area contributed by atoms with Gasteiger partial charge in [0.05, 0.1) is 12.7 Å². The van der Waals surface area contributed by atoms with E-state index in [2.05, 4.69) is 0 Å². The molecule has 0 unspecified atom stereocenters. The summed E-state index contributed by atoms with van der Waals surface area (Å²) in [5.41, 5.74) is 0.768. The Bertz CT molecular complexity index is 862. The largest absolute Gasteiger partial charge is 0.497 e. The molecule has 26 heavy (non-hydrogen) atoms. The second-order valence-corrected chi connectivity index (χ2v) is 4.96. The van der Waals surface area contributed by atoms with Crippen molar-refractivity contribution in [3.63, 3.8) is 0 Å². The van der Waals surface area contributed by atoms with Gasteiger partial charge in [0.25, 0.3) is 0 Å². The van der Waals surface area contributed by atoms with Gasteiger partial charge in [0.1, 0.15) is 29.6 Å². The number of halogens is 1. The lowest BCUT2D eigenvalue weighted by atomic mass is 10.2. The van der Waals surface area contributed by atoms with Gasteiger partial charge in [0.15, 0.2) is 0 Å². The summed E-state index contributed by atoms with van der Waals surface area (Å²) >= 11 is 5.89. The van der Waals surface area contributed by atoms with Gasteiger partial charge in [-0.1, -0.05) is 11.6 Å². The number of methoxy groups -OCH3 is 1. The fourth-order valence-electron chi connectivity index (χ4n) is 1.64. The highest BCUT2D eigenvalue weighted by Gasteiger charge is 2.08. The number of nitriles is 1. The highest BCUT2D eigenvalue weighted by atomic mass is 35.5. The van der Waals surface area contributed by atoms with E-state index in [1.54, 1.807) is 36.4 Å². The number of ether oxygens (including phenoxy) is 2. The Morgan fingerprint density at radius 3 is 2.23 bits per heavy atom. The molecule has 0 radical (unpaired) electrons. The van der Waals surface area contributed by atoms with E-state index in [9.17, 15) is 4.79 Å². The van der Waals surface area contributed by atoms with Crippen LogP contribution in [0.25, 0.3) is 0 Å². The van der Waals surface area contributed by atoms with Crippen LogP contribution in [0.2, 0.25) is 5.02 Å². The minimum Gasteiger partial charge on any atom is -0.497 e. The van der Waals surface area contributed by atoms with Gasteiger partial charge in [0.2, 0.25) is 0 Å².